The summed E-state index contributed by atoms with van der Waals surface area (Å²) in [6, 6.07) is 0. The fourth-order valence-corrected chi connectivity index (χ4v) is 2.34. The third-order valence-electron chi connectivity index (χ3n) is 2.71. The van der Waals surface area contributed by atoms with Gasteiger partial charge in [-0.2, -0.15) is 5.10 Å². The van der Waals surface area contributed by atoms with Crippen LogP contribution in [0.1, 0.15) is 43.6 Å². The molecule has 2 aromatic rings. The van der Waals surface area contributed by atoms with Gasteiger partial charge >= 0.3 is 0 Å². The van der Waals surface area contributed by atoms with Gasteiger partial charge in [0.2, 0.25) is 0 Å². The zero-order chi connectivity index (χ0) is 11.0. The van der Waals surface area contributed by atoms with Crippen molar-refractivity contribution >= 4 is 11.5 Å². The number of nitrogens with one attached hydrogen (secondary N) is 1. The Balaban J connectivity index is 1.91. The zero-order valence-electron chi connectivity index (χ0n) is 9.10. The summed E-state index contributed by atoms with van der Waals surface area (Å²) < 4.78 is 3.98. The highest BCUT2D eigenvalue weighted by atomic mass is 32.1. The van der Waals surface area contributed by atoms with Crippen molar-refractivity contribution in [2.24, 2.45) is 0 Å². The lowest BCUT2D eigenvalue weighted by atomic mass is 10.2. The molecule has 5 nitrogen and oxygen atoms in total. The molecule has 3 rings (SSSR count). The summed E-state index contributed by atoms with van der Waals surface area (Å²) in [6.45, 7) is 2.14. The Hall–Kier alpha value is -1.30. The summed E-state index contributed by atoms with van der Waals surface area (Å²) in [5, 5.41) is 11.4. The van der Waals surface area contributed by atoms with Crippen LogP contribution in [-0.4, -0.2) is 24.8 Å². The predicted molar refractivity (Wildman–Crippen MR) is 61.3 cm³/mol. The summed E-state index contributed by atoms with van der Waals surface area (Å²) in [5.74, 6) is 2.39. The average Bonchev–Trinajstić information content (AvgIpc) is 2.85. The fraction of sp³-hybridized carbons (Fsp3) is 0.600. The van der Waals surface area contributed by atoms with Crippen LogP contribution in [0.5, 0.6) is 0 Å². The first-order valence-corrected chi connectivity index (χ1v) is 6.39. The van der Waals surface area contributed by atoms with Crippen LogP contribution in [0.15, 0.2) is 0 Å². The van der Waals surface area contributed by atoms with Gasteiger partial charge in [-0.3, -0.25) is 5.10 Å². The average molecular weight is 235 g/mol. The van der Waals surface area contributed by atoms with Gasteiger partial charge in [0, 0.05) is 5.92 Å². The van der Waals surface area contributed by atoms with Crippen LogP contribution in [-0.2, 0) is 6.42 Å². The van der Waals surface area contributed by atoms with E-state index in [-0.39, 0.29) is 0 Å². The summed E-state index contributed by atoms with van der Waals surface area (Å²) in [6.07, 6.45) is 4.48. The van der Waals surface area contributed by atoms with E-state index in [0.29, 0.717) is 5.92 Å². The van der Waals surface area contributed by atoms with Crippen LogP contribution in [0.4, 0.5) is 0 Å². The fourth-order valence-electron chi connectivity index (χ4n) is 1.69. The van der Waals surface area contributed by atoms with Crippen LogP contribution >= 0.6 is 11.5 Å². The Labute approximate surface area is 97.5 Å². The summed E-state index contributed by atoms with van der Waals surface area (Å²) in [5.41, 5.74) is 1.02. The summed E-state index contributed by atoms with van der Waals surface area (Å²) in [4.78, 5) is 5.54. The van der Waals surface area contributed by atoms with E-state index in [1.54, 1.807) is 0 Å². The van der Waals surface area contributed by atoms with Crippen LogP contribution in [0.2, 0.25) is 0 Å². The second kappa shape index (κ2) is 3.93. The van der Waals surface area contributed by atoms with Gasteiger partial charge in [0.1, 0.15) is 10.7 Å². The van der Waals surface area contributed by atoms with Crippen molar-refractivity contribution in [3.8, 4) is 10.7 Å². The molecule has 16 heavy (non-hydrogen) atoms. The number of hydrogen-bond acceptors (Lipinski definition) is 5. The molecule has 2 aromatic heterocycles. The Bertz CT molecular complexity index is 485. The number of nitrogens with zero attached hydrogens (tertiary/aromatic N) is 4. The summed E-state index contributed by atoms with van der Waals surface area (Å²) >= 11 is 1.38. The SMILES string of the molecule is CCCc1nnsc1-c1n[nH]c(C2CC2)n1. The highest BCUT2D eigenvalue weighted by molar-refractivity contribution is 7.09. The first-order valence-electron chi connectivity index (χ1n) is 5.62. The molecule has 1 aliphatic carbocycles. The Kier molecular flexibility index (Phi) is 2.43. The minimum Gasteiger partial charge on any atom is -0.262 e. The number of hydrogen-bond donors (Lipinski definition) is 1. The maximum atomic E-state index is 4.52. The topological polar surface area (TPSA) is 67.3 Å². The molecule has 0 aliphatic heterocycles. The normalized spacial score (nSPS) is 15.6. The van der Waals surface area contributed by atoms with Gasteiger partial charge in [0.15, 0.2) is 5.82 Å². The minimum absolute atomic E-state index is 0.608. The molecule has 1 fully saturated rings. The molecule has 6 heteroatoms. The molecule has 0 radical (unpaired) electrons. The van der Waals surface area contributed by atoms with Crippen molar-refractivity contribution in [3.05, 3.63) is 11.5 Å². The van der Waals surface area contributed by atoms with Crippen molar-refractivity contribution < 1.29 is 0 Å². The molecule has 84 valence electrons. The molecule has 0 aromatic carbocycles. The molecule has 0 amide bonds. The molecular weight excluding hydrogens is 222 g/mol. The molecule has 0 bridgehead atoms. The third-order valence-corrected chi connectivity index (χ3v) is 3.48. The molecule has 2 heterocycles. The van der Waals surface area contributed by atoms with Gasteiger partial charge in [-0.1, -0.05) is 17.8 Å². The van der Waals surface area contributed by atoms with Crippen molar-refractivity contribution in [3.63, 3.8) is 0 Å². The maximum absolute atomic E-state index is 4.52. The van der Waals surface area contributed by atoms with E-state index in [2.05, 4.69) is 31.7 Å². The van der Waals surface area contributed by atoms with E-state index in [1.165, 1.54) is 24.4 Å². The molecular formula is C10H13N5S. The lowest BCUT2D eigenvalue weighted by Crippen LogP contribution is -1.88. The molecule has 0 spiro atoms. The Morgan fingerprint density at radius 3 is 3.06 bits per heavy atom. The van der Waals surface area contributed by atoms with Crippen molar-refractivity contribution in [2.45, 2.75) is 38.5 Å². The first kappa shape index (κ1) is 9.89. The Morgan fingerprint density at radius 1 is 1.44 bits per heavy atom. The minimum atomic E-state index is 0.608. The molecule has 0 unspecified atom stereocenters. The smallest absolute Gasteiger partial charge is 0.194 e. The number of aryl methyl sites for hydroxylation is 1. The lowest BCUT2D eigenvalue weighted by molar-refractivity contribution is 0.870. The van der Waals surface area contributed by atoms with Crippen molar-refractivity contribution in [2.75, 3.05) is 0 Å². The molecule has 1 aliphatic rings. The lowest BCUT2D eigenvalue weighted by Gasteiger charge is -1.93. The first-order chi connectivity index (χ1) is 7.88. The molecule has 1 N–H and O–H groups in total. The predicted octanol–water partition coefficient (Wildman–Crippen LogP) is 2.15. The third kappa shape index (κ3) is 1.73. The van der Waals surface area contributed by atoms with Gasteiger partial charge in [-0.15, -0.1) is 5.10 Å². The molecule has 1 saturated carbocycles. The van der Waals surface area contributed by atoms with E-state index in [9.17, 15) is 0 Å². The zero-order valence-corrected chi connectivity index (χ0v) is 9.92. The van der Waals surface area contributed by atoms with E-state index in [1.807, 2.05) is 0 Å². The number of aromatic nitrogens is 5. The number of rotatable bonds is 4. The van der Waals surface area contributed by atoms with Gasteiger partial charge < -0.3 is 0 Å². The van der Waals surface area contributed by atoms with Crippen LogP contribution in [0.3, 0.4) is 0 Å². The van der Waals surface area contributed by atoms with Gasteiger partial charge in [0.25, 0.3) is 0 Å². The van der Waals surface area contributed by atoms with E-state index in [4.69, 9.17) is 0 Å². The summed E-state index contributed by atoms with van der Waals surface area (Å²) in [7, 11) is 0. The largest absolute Gasteiger partial charge is 0.262 e. The highest BCUT2D eigenvalue weighted by Gasteiger charge is 2.28. The standard InChI is InChI=1S/C10H13N5S/c1-2-3-7-8(16-15-12-7)10-11-9(13-14-10)6-4-5-6/h6H,2-5H2,1H3,(H,11,13,14). The van der Waals surface area contributed by atoms with Crippen LogP contribution < -0.4 is 0 Å². The number of H-pyrrole nitrogens is 1. The van der Waals surface area contributed by atoms with Gasteiger partial charge in [-0.25, -0.2) is 4.98 Å². The second-order valence-corrected chi connectivity index (χ2v) is 4.87. The van der Waals surface area contributed by atoms with Gasteiger partial charge in [0.05, 0.1) is 5.69 Å². The molecule has 0 atom stereocenters. The molecule has 0 saturated heterocycles. The monoisotopic (exact) mass is 235 g/mol. The second-order valence-electron chi connectivity index (χ2n) is 4.12. The number of aromatic amines is 1. The van der Waals surface area contributed by atoms with E-state index < -0.39 is 0 Å². The van der Waals surface area contributed by atoms with Crippen molar-refractivity contribution in [1.82, 2.24) is 24.8 Å². The van der Waals surface area contributed by atoms with Crippen molar-refractivity contribution in [1.29, 1.82) is 0 Å². The van der Waals surface area contributed by atoms with E-state index >= 15 is 0 Å². The van der Waals surface area contributed by atoms with Crippen LogP contribution in [0, 0.1) is 0 Å². The Morgan fingerprint density at radius 2 is 2.31 bits per heavy atom. The van der Waals surface area contributed by atoms with Gasteiger partial charge in [-0.05, 0) is 30.8 Å². The van der Waals surface area contributed by atoms with Crippen LogP contribution in [0.25, 0.3) is 10.7 Å². The highest BCUT2D eigenvalue weighted by Crippen LogP contribution is 2.38. The quantitative estimate of drug-likeness (QED) is 0.881. The van der Waals surface area contributed by atoms with E-state index in [0.717, 1.165) is 35.1 Å². The maximum Gasteiger partial charge on any atom is 0.194 e.